The van der Waals surface area contributed by atoms with E-state index in [9.17, 15) is 9.59 Å². The van der Waals surface area contributed by atoms with Crippen molar-refractivity contribution in [2.75, 3.05) is 16.4 Å². The summed E-state index contributed by atoms with van der Waals surface area (Å²) in [6, 6.07) is 14.9. The third-order valence-electron chi connectivity index (χ3n) is 4.10. The van der Waals surface area contributed by atoms with Crippen LogP contribution in [0.1, 0.15) is 27.2 Å². The highest BCUT2D eigenvalue weighted by Gasteiger charge is 2.16. The van der Waals surface area contributed by atoms with Gasteiger partial charge in [-0.05, 0) is 35.7 Å². The molecule has 0 atom stereocenters. The predicted molar refractivity (Wildman–Crippen MR) is 131 cm³/mol. The molecule has 1 heterocycles. The quantitative estimate of drug-likeness (QED) is 0.381. The molecular formula is C23H24ClN3O2S2. The molecule has 31 heavy (non-hydrogen) atoms. The highest BCUT2D eigenvalue weighted by atomic mass is 35.5. The van der Waals surface area contributed by atoms with Crippen LogP contribution in [0.25, 0.3) is 11.3 Å². The average molecular weight is 474 g/mol. The summed E-state index contributed by atoms with van der Waals surface area (Å²) in [7, 11) is 0. The summed E-state index contributed by atoms with van der Waals surface area (Å²) in [5.41, 5.74) is 2.27. The average Bonchev–Trinajstić information content (AvgIpc) is 3.14. The fourth-order valence-electron chi connectivity index (χ4n) is 2.75. The third-order valence-corrected chi connectivity index (χ3v) is 6.20. The number of thiazole rings is 1. The lowest BCUT2D eigenvalue weighted by Crippen LogP contribution is -2.19. The topological polar surface area (TPSA) is 71.1 Å². The summed E-state index contributed by atoms with van der Waals surface area (Å²) in [5, 5.41) is 8.76. The van der Waals surface area contributed by atoms with Gasteiger partial charge in [-0.2, -0.15) is 0 Å². The molecule has 0 bridgehead atoms. The summed E-state index contributed by atoms with van der Waals surface area (Å²) < 4.78 is 0. The third kappa shape index (κ3) is 7.38. The molecule has 8 heteroatoms. The van der Waals surface area contributed by atoms with Gasteiger partial charge < -0.3 is 10.6 Å². The molecule has 0 aliphatic rings. The van der Waals surface area contributed by atoms with E-state index in [0.29, 0.717) is 16.6 Å². The van der Waals surface area contributed by atoms with Crippen LogP contribution in [0.4, 0.5) is 10.8 Å². The number of hydrogen-bond donors (Lipinski definition) is 2. The van der Waals surface area contributed by atoms with Crippen LogP contribution in [0.15, 0.2) is 58.8 Å². The Bertz CT molecular complexity index is 1060. The first-order valence-corrected chi connectivity index (χ1v) is 12.0. The Balaban J connectivity index is 1.49. The molecule has 3 rings (SSSR count). The Labute approximate surface area is 195 Å². The smallest absolute Gasteiger partial charge is 0.236 e. The lowest BCUT2D eigenvalue weighted by Gasteiger charge is -2.17. The number of hydrogen-bond acceptors (Lipinski definition) is 5. The van der Waals surface area contributed by atoms with Crippen molar-refractivity contribution in [3.05, 3.63) is 58.9 Å². The molecule has 1 aromatic heterocycles. The molecule has 2 aromatic carbocycles. The standard InChI is InChI=1S/C23H24ClN3O2S2/c1-23(2,3)12-20(28)25-15-8-10-16(11-9-15)30-14-21(29)27-22-26-19(13-31-22)17-6-4-5-7-18(17)24/h4-11,13H,12,14H2,1-3H3,(H,25,28)(H,26,27,29). The minimum absolute atomic E-state index is 0.00751. The summed E-state index contributed by atoms with van der Waals surface area (Å²) in [6.45, 7) is 6.09. The molecule has 2 amide bonds. The summed E-state index contributed by atoms with van der Waals surface area (Å²) >= 11 is 8.99. The van der Waals surface area contributed by atoms with E-state index in [2.05, 4.69) is 15.6 Å². The van der Waals surface area contributed by atoms with Crippen LogP contribution in [0.2, 0.25) is 5.02 Å². The molecule has 2 N–H and O–H groups in total. The Hall–Kier alpha value is -2.35. The van der Waals surface area contributed by atoms with Gasteiger partial charge in [-0.1, -0.05) is 50.6 Å². The number of nitrogens with one attached hydrogen (secondary N) is 2. The molecule has 3 aromatic rings. The molecule has 0 saturated heterocycles. The number of carbonyl (C=O) groups is 2. The van der Waals surface area contributed by atoms with Crippen LogP contribution in [-0.4, -0.2) is 22.6 Å². The molecular weight excluding hydrogens is 450 g/mol. The zero-order chi connectivity index (χ0) is 22.4. The van der Waals surface area contributed by atoms with Gasteiger partial charge in [0.15, 0.2) is 5.13 Å². The van der Waals surface area contributed by atoms with Crippen molar-refractivity contribution in [1.29, 1.82) is 0 Å². The number of aromatic nitrogens is 1. The highest BCUT2D eigenvalue weighted by Crippen LogP contribution is 2.30. The van der Waals surface area contributed by atoms with E-state index >= 15 is 0 Å². The number of amides is 2. The van der Waals surface area contributed by atoms with Crippen LogP contribution >= 0.6 is 34.7 Å². The fourth-order valence-corrected chi connectivity index (χ4v) is 4.41. The maximum atomic E-state index is 12.3. The number of nitrogens with zero attached hydrogens (tertiary/aromatic N) is 1. The first-order valence-electron chi connectivity index (χ1n) is 9.73. The molecule has 0 unspecified atom stereocenters. The summed E-state index contributed by atoms with van der Waals surface area (Å²) in [5.74, 6) is 0.121. The first kappa shape index (κ1) is 23.3. The second-order valence-corrected chi connectivity index (χ2v) is 10.5. The van der Waals surface area contributed by atoms with Gasteiger partial charge in [0.25, 0.3) is 0 Å². The Kier molecular flexibility index (Phi) is 7.75. The van der Waals surface area contributed by atoms with E-state index in [1.54, 1.807) is 0 Å². The highest BCUT2D eigenvalue weighted by molar-refractivity contribution is 8.00. The fraction of sp³-hybridized carbons (Fsp3) is 0.261. The Morgan fingerprint density at radius 3 is 2.42 bits per heavy atom. The van der Waals surface area contributed by atoms with Crippen molar-refractivity contribution < 1.29 is 9.59 Å². The summed E-state index contributed by atoms with van der Waals surface area (Å²) in [4.78, 5) is 29.7. The van der Waals surface area contributed by atoms with E-state index in [0.717, 1.165) is 21.8 Å². The number of halogens is 1. The van der Waals surface area contributed by atoms with E-state index in [1.165, 1.54) is 23.1 Å². The van der Waals surface area contributed by atoms with Crippen LogP contribution in [0, 0.1) is 5.41 Å². The van der Waals surface area contributed by atoms with Gasteiger partial charge in [0.1, 0.15) is 0 Å². The molecule has 0 fully saturated rings. The van der Waals surface area contributed by atoms with Gasteiger partial charge in [-0.25, -0.2) is 4.98 Å². The van der Waals surface area contributed by atoms with E-state index in [-0.39, 0.29) is 23.0 Å². The van der Waals surface area contributed by atoms with Crippen LogP contribution in [-0.2, 0) is 9.59 Å². The first-order chi connectivity index (χ1) is 14.7. The molecule has 0 aliphatic carbocycles. The van der Waals surface area contributed by atoms with Crippen LogP contribution in [0.3, 0.4) is 0 Å². The summed E-state index contributed by atoms with van der Waals surface area (Å²) in [6.07, 6.45) is 0.457. The van der Waals surface area contributed by atoms with E-state index in [4.69, 9.17) is 11.6 Å². The van der Waals surface area contributed by atoms with Crippen molar-refractivity contribution in [2.45, 2.75) is 32.1 Å². The zero-order valence-electron chi connectivity index (χ0n) is 17.6. The zero-order valence-corrected chi connectivity index (χ0v) is 20.0. The lowest BCUT2D eigenvalue weighted by atomic mass is 9.92. The number of anilines is 2. The van der Waals surface area contributed by atoms with Gasteiger partial charge in [-0.15, -0.1) is 23.1 Å². The van der Waals surface area contributed by atoms with Crippen LogP contribution < -0.4 is 10.6 Å². The van der Waals surface area contributed by atoms with Gasteiger partial charge in [-0.3, -0.25) is 9.59 Å². The normalized spacial score (nSPS) is 11.2. The van der Waals surface area contributed by atoms with Gasteiger partial charge in [0.05, 0.1) is 11.4 Å². The van der Waals surface area contributed by atoms with Crippen LogP contribution in [0.5, 0.6) is 0 Å². The van der Waals surface area contributed by atoms with Crippen molar-refractivity contribution in [2.24, 2.45) is 5.41 Å². The molecule has 0 radical (unpaired) electrons. The van der Waals surface area contributed by atoms with Crippen molar-refractivity contribution in [1.82, 2.24) is 4.98 Å². The second kappa shape index (κ2) is 10.3. The second-order valence-electron chi connectivity index (χ2n) is 8.16. The molecule has 5 nitrogen and oxygen atoms in total. The molecule has 0 spiro atoms. The number of rotatable bonds is 7. The Morgan fingerprint density at radius 1 is 1.03 bits per heavy atom. The van der Waals surface area contributed by atoms with E-state index < -0.39 is 0 Å². The number of carbonyl (C=O) groups excluding carboxylic acids is 2. The molecule has 0 aliphatic heterocycles. The SMILES string of the molecule is CC(C)(C)CC(=O)Nc1ccc(SCC(=O)Nc2nc(-c3ccccc3Cl)cs2)cc1. The minimum Gasteiger partial charge on any atom is -0.326 e. The molecule has 162 valence electrons. The predicted octanol–water partition coefficient (Wildman–Crippen LogP) is 6.57. The monoisotopic (exact) mass is 473 g/mol. The maximum Gasteiger partial charge on any atom is 0.236 e. The maximum absolute atomic E-state index is 12.3. The minimum atomic E-state index is -0.132. The van der Waals surface area contributed by atoms with Gasteiger partial charge in [0.2, 0.25) is 11.8 Å². The van der Waals surface area contributed by atoms with E-state index in [1.807, 2.05) is 74.7 Å². The number of thioether (sulfide) groups is 1. The van der Waals surface area contributed by atoms with Gasteiger partial charge >= 0.3 is 0 Å². The lowest BCUT2D eigenvalue weighted by molar-refractivity contribution is -0.118. The molecule has 0 saturated carbocycles. The van der Waals surface area contributed by atoms with Crippen molar-refractivity contribution in [3.63, 3.8) is 0 Å². The Morgan fingerprint density at radius 2 is 1.74 bits per heavy atom. The van der Waals surface area contributed by atoms with Gasteiger partial charge in [0, 0.05) is 33.0 Å². The van der Waals surface area contributed by atoms with Crippen molar-refractivity contribution >= 4 is 57.3 Å². The largest absolute Gasteiger partial charge is 0.326 e. The number of benzene rings is 2. The van der Waals surface area contributed by atoms with Crippen molar-refractivity contribution in [3.8, 4) is 11.3 Å².